The molecular formula is C48H69N7O10S3. The van der Waals surface area contributed by atoms with Crippen LogP contribution in [0.25, 0.3) is 11.6 Å². The lowest BCUT2D eigenvalue weighted by atomic mass is 9.87. The summed E-state index contributed by atoms with van der Waals surface area (Å²) in [6, 6.07) is 5.99. The van der Waals surface area contributed by atoms with E-state index in [0.717, 1.165) is 19.6 Å². The number of rotatable bonds is 24. The molecule has 0 bridgehead atoms. The average Bonchev–Trinajstić information content (AvgIpc) is 3.98. The summed E-state index contributed by atoms with van der Waals surface area (Å²) in [6.07, 6.45) is 0.629. The number of aromatic nitrogens is 1. The van der Waals surface area contributed by atoms with Crippen LogP contribution in [0.15, 0.2) is 32.7 Å². The zero-order valence-electron chi connectivity index (χ0n) is 41.2. The number of anilines is 2. The Morgan fingerprint density at radius 2 is 1.69 bits per heavy atom. The molecular weight excluding hydrogens is 931 g/mol. The zero-order chi connectivity index (χ0) is 50.5. The van der Waals surface area contributed by atoms with Crippen molar-refractivity contribution in [1.82, 2.24) is 25.2 Å². The summed E-state index contributed by atoms with van der Waals surface area (Å²) in [6.45, 7) is 22.8. The highest BCUT2D eigenvalue weighted by Gasteiger charge is 2.46. The van der Waals surface area contributed by atoms with Gasteiger partial charge in [0.1, 0.15) is 20.1 Å². The van der Waals surface area contributed by atoms with Crippen LogP contribution >= 0.6 is 11.3 Å². The fraction of sp³-hybridized carbons (Fsp3) is 0.562. The molecule has 2 aliphatic heterocycles. The molecule has 0 aliphatic carbocycles. The quantitative estimate of drug-likeness (QED) is 0.0532. The second-order valence-electron chi connectivity index (χ2n) is 17.8. The SMILES string of the molecule is CCN[C@H]1C[C@H](C)S(=O)(=O)c2sc(S(=O)(=O)NC(C)(CC)C(=O)C(C)OC(CC)(CC)C(=O)CCC(=O)Nc3ccc4c(c3)/C(=C/c3[nH]c(C)c(C(=O)NCCN(CC)CC)c3C)C(=O)N4)cc21. The van der Waals surface area contributed by atoms with Crippen LogP contribution in [0, 0.1) is 13.8 Å². The number of fused-ring (bicyclic) bond motifs is 2. The molecule has 5 rings (SSSR count). The van der Waals surface area contributed by atoms with Crippen molar-refractivity contribution >= 4 is 83.5 Å². The first-order valence-electron chi connectivity index (χ1n) is 23.5. The smallest absolute Gasteiger partial charge is 0.256 e. The fourth-order valence-electron chi connectivity index (χ4n) is 8.98. The molecule has 2 aliphatic rings. The highest BCUT2D eigenvalue weighted by Crippen LogP contribution is 2.43. The number of thiophene rings is 1. The number of hydrogen-bond donors (Lipinski definition) is 6. The Hall–Kier alpha value is -4.57. The Kier molecular flexibility index (Phi) is 17.6. The third-order valence-corrected chi connectivity index (χ3v) is 19.4. The van der Waals surface area contributed by atoms with Gasteiger partial charge in [-0.05, 0) is 116 Å². The molecule has 3 amide bonds. The topological polar surface area (TPSA) is 242 Å². The molecule has 0 radical (unpaired) electrons. The number of ketones is 2. The Morgan fingerprint density at radius 3 is 2.31 bits per heavy atom. The van der Waals surface area contributed by atoms with Crippen LogP contribution in [-0.2, 0) is 43.8 Å². The molecule has 374 valence electrons. The van der Waals surface area contributed by atoms with Crippen molar-refractivity contribution < 1.29 is 45.5 Å². The van der Waals surface area contributed by atoms with Gasteiger partial charge in [0, 0.05) is 65.9 Å². The maximum Gasteiger partial charge on any atom is 0.256 e. The molecule has 20 heteroatoms. The van der Waals surface area contributed by atoms with Crippen LogP contribution in [-0.4, -0.2) is 111 Å². The van der Waals surface area contributed by atoms with Crippen molar-refractivity contribution in [2.75, 3.05) is 43.4 Å². The number of ether oxygens (including phenoxy) is 1. The molecule has 0 saturated heterocycles. The molecule has 2 aromatic heterocycles. The minimum Gasteiger partial charge on any atom is -0.358 e. The predicted octanol–water partition coefficient (Wildman–Crippen LogP) is 6.44. The Morgan fingerprint density at radius 1 is 1.01 bits per heavy atom. The van der Waals surface area contributed by atoms with Gasteiger partial charge in [-0.1, -0.05) is 41.5 Å². The number of H-pyrrole nitrogens is 1. The number of amides is 3. The highest BCUT2D eigenvalue weighted by molar-refractivity contribution is 7.95. The van der Waals surface area contributed by atoms with E-state index in [0.29, 0.717) is 81.4 Å². The van der Waals surface area contributed by atoms with Crippen molar-refractivity contribution in [2.45, 2.75) is 152 Å². The van der Waals surface area contributed by atoms with E-state index in [1.54, 1.807) is 58.9 Å². The van der Waals surface area contributed by atoms with Crippen LogP contribution in [0.4, 0.5) is 11.4 Å². The first-order chi connectivity index (χ1) is 32.0. The Labute approximate surface area is 405 Å². The van der Waals surface area contributed by atoms with Gasteiger partial charge in [0.05, 0.1) is 21.9 Å². The van der Waals surface area contributed by atoms with Gasteiger partial charge in [-0.2, -0.15) is 4.72 Å². The number of aryl methyl sites for hydroxylation is 1. The Bertz CT molecular complexity index is 2660. The summed E-state index contributed by atoms with van der Waals surface area (Å²) in [5.41, 5.74) is 1.50. The summed E-state index contributed by atoms with van der Waals surface area (Å²) >= 11 is 0.664. The third kappa shape index (κ3) is 11.4. The first-order valence-corrected chi connectivity index (χ1v) is 27.4. The van der Waals surface area contributed by atoms with E-state index >= 15 is 0 Å². The first kappa shape index (κ1) is 54.4. The third-order valence-electron chi connectivity index (χ3n) is 13.4. The van der Waals surface area contributed by atoms with Crippen LogP contribution in [0.2, 0.25) is 0 Å². The summed E-state index contributed by atoms with van der Waals surface area (Å²) in [5.74, 6) is -2.06. The van der Waals surface area contributed by atoms with E-state index in [1.807, 2.05) is 13.8 Å². The van der Waals surface area contributed by atoms with Crippen LogP contribution in [0.3, 0.4) is 0 Å². The van der Waals surface area contributed by atoms with Crippen LogP contribution in [0.1, 0.15) is 145 Å². The van der Waals surface area contributed by atoms with Gasteiger partial charge in [0.2, 0.25) is 5.91 Å². The fourth-order valence-corrected chi connectivity index (χ4v) is 14.4. The van der Waals surface area contributed by atoms with Crippen molar-refractivity contribution in [3.63, 3.8) is 0 Å². The van der Waals surface area contributed by atoms with Crippen molar-refractivity contribution in [2.24, 2.45) is 0 Å². The molecule has 6 N–H and O–H groups in total. The normalized spacial score (nSPS) is 18.7. The molecule has 1 aromatic carbocycles. The number of nitrogens with one attached hydrogen (secondary N) is 6. The molecule has 2 unspecified atom stereocenters. The number of sulfonamides is 1. The lowest BCUT2D eigenvalue weighted by Gasteiger charge is -2.36. The molecule has 3 aromatic rings. The maximum absolute atomic E-state index is 14.2. The molecule has 0 fully saturated rings. The van der Waals surface area contributed by atoms with Crippen molar-refractivity contribution in [1.29, 1.82) is 0 Å². The Balaban J connectivity index is 1.24. The van der Waals surface area contributed by atoms with Gasteiger partial charge in [-0.15, -0.1) is 11.3 Å². The lowest BCUT2D eigenvalue weighted by Crippen LogP contribution is -2.57. The molecule has 17 nitrogen and oxygen atoms in total. The van der Waals surface area contributed by atoms with Crippen molar-refractivity contribution in [3.8, 4) is 0 Å². The highest BCUT2D eigenvalue weighted by atomic mass is 32.3. The van der Waals surface area contributed by atoms with Gasteiger partial charge in [0.25, 0.3) is 21.8 Å². The van der Waals surface area contributed by atoms with E-state index in [9.17, 15) is 40.8 Å². The van der Waals surface area contributed by atoms with E-state index in [4.69, 9.17) is 4.74 Å². The number of Topliss-reactive ketones (excluding diaryl/α,β-unsaturated/α-hetero) is 2. The largest absolute Gasteiger partial charge is 0.358 e. The number of likely N-dealkylation sites (N-methyl/N-ethyl adjacent to an activating group) is 1. The van der Waals surface area contributed by atoms with Gasteiger partial charge in [-0.25, -0.2) is 16.8 Å². The number of aromatic amines is 1. The van der Waals surface area contributed by atoms with E-state index in [2.05, 4.69) is 49.7 Å². The van der Waals surface area contributed by atoms with E-state index in [1.165, 1.54) is 19.9 Å². The zero-order valence-corrected chi connectivity index (χ0v) is 43.6. The molecule has 4 heterocycles. The summed E-state index contributed by atoms with van der Waals surface area (Å²) in [7, 11) is -8.17. The number of carbonyl (C=O) groups excluding carboxylic acids is 5. The second kappa shape index (κ2) is 22.0. The van der Waals surface area contributed by atoms with Gasteiger partial charge in [-0.3, -0.25) is 24.0 Å². The number of carbonyl (C=O) groups is 5. The summed E-state index contributed by atoms with van der Waals surface area (Å²) in [5, 5.41) is 11.2. The number of sulfone groups is 1. The summed E-state index contributed by atoms with van der Waals surface area (Å²) in [4.78, 5) is 73.4. The molecule has 4 atom stereocenters. The monoisotopic (exact) mass is 999 g/mol. The minimum absolute atomic E-state index is 0.00722. The standard InChI is InChI=1S/C48H69N7O10S3/c1-12-47(11,54-68(63,64)41-27-35-38(49-15-4)24-28(7)67(61,62)46(35)66-41)43(58)31(10)65-48(13-2,14-3)39(56)20-21-40(57)52-32-18-19-36-33(25-32)34(44(59)53-36)26-37-29(8)42(30(9)51-37)45(60)50-22-23-55(16-5)17-6/h18-19,25-28,31,38,49,51,54H,12-17,20-24H2,1-11H3,(H,50,60)(H,52,57)(H,53,59)/b34-26-/t28-,31?,38-,47?/m0/s1. The predicted molar refractivity (Wildman–Crippen MR) is 266 cm³/mol. The van der Waals surface area contributed by atoms with Crippen LogP contribution in [0.5, 0.6) is 0 Å². The maximum atomic E-state index is 14.2. The summed E-state index contributed by atoms with van der Waals surface area (Å²) < 4.78 is 62.9. The minimum atomic E-state index is -4.41. The van der Waals surface area contributed by atoms with Gasteiger partial charge >= 0.3 is 0 Å². The molecule has 0 saturated carbocycles. The number of benzene rings is 1. The van der Waals surface area contributed by atoms with E-state index < -0.39 is 59.8 Å². The van der Waals surface area contributed by atoms with Gasteiger partial charge in [0.15, 0.2) is 21.4 Å². The van der Waals surface area contributed by atoms with Crippen LogP contribution < -0.4 is 26.0 Å². The molecule has 68 heavy (non-hydrogen) atoms. The lowest BCUT2D eigenvalue weighted by molar-refractivity contribution is -0.163. The van der Waals surface area contributed by atoms with Crippen molar-refractivity contribution in [3.05, 3.63) is 57.9 Å². The second-order valence-corrected chi connectivity index (χ2v) is 23.3. The van der Waals surface area contributed by atoms with E-state index in [-0.39, 0.29) is 58.4 Å². The molecule has 0 spiro atoms. The van der Waals surface area contributed by atoms with Gasteiger partial charge < -0.3 is 35.9 Å². The average molecular weight is 1000 g/mol. The number of nitrogens with zero attached hydrogens (tertiary/aromatic N) is 1. The number of hydrogen-bond acceptors (Lipinski definition) is 13.